The highest BCUT2D eigenvalue weighted by atomic mass is 16.5. The first-order chi connectivity index (χ1) is 15.0. The number of allylic oxidation sites excluding steroid dienone is 2. The van der Waals surface area contributed by atoms with Crippen molar-refractivity contribution in [1.29, 1.82) is 0 Å². The number of fused-ring (bicyclic) bond motifs is 1. The van der Waals surface area contributed by atoms with E-state index in [1.807, 2.05) is 54.6 Å². The third-order valence-electron chi connectivity index (χ3n) is 5.57. The van der Waals surface area contributed by atoms with Gasteiger partial charge < -0.3 is 19.7 Å². The molecule has 0 radical (unpaired) electrons. The van der Waals surface area contributed by atoms with E-state index in [0.29, 0.717) is 31.3 Å². The average molecular weight is 427 g/mol. The van der Waals surface area contributed by atoms with Gasteiger partial charge in [0.2, 0.25) is 0 Å². The Morgan fingerprint density at radius 2 is 1.87 bits per heavy atom. The first-order valence-electron chi connectivity index (χ1n) is 10.9. The second kappa shape index (κ2) is 11.1. The summed E-state index contributed by atoms with van der Waals surface area (Å²) in [6, 6.07) is 9.50. The minimum atomic E-state index is -0.925. The number of benzene rings is 1. The van der Waals surface area contributed by atoms with Crippen LogP contribution in [0.3, 0.4) is 0 Å². The molecule has 0 aromatic heterocycles. The fourth-order valence-electron chi connectivity index (χ4n) is 3.73. The number of rotatable bonds is 10. The number of ether oxygens (including phenoxy) is 2. The molecule has 0 fully saturated rings. The van der Waals surface area contributed by atoms with Crippen molar-refractivity contribution in [2.45, 2.75) is 57.3 Å². The van der Waals surface area contributed by atoms with E-state index in [1.54, 1.807) is 6.92 Å². The molecule has 3 rings (SSSR count). The van der Waals surface area contributed by atoms with Crippen LogP contribution in [0.5, 0.6) is 0 Å². The minimum absolute atomic E-state index is 0.00917. The van der Waals surface area contributed by atoms with Crippen molar-refractivity contribution in [3.8, 4) is 0 Å². The van der Waals surface area contributed by atoms with E-state index < -0.39 is 12.2 Å². The minimum Gasteiger partial charge on any atom is -0.466 e. The molecule has 2 aliphatic rings. The highest BCUT2D eigenvalue weighted by Gasteiger charge is 2.31. The summed E-state index contributed by atoms with van der Waals surface area (Å²) >= 11 is 0. The average Bonchev–Trinajstić information content (AvgIpc) is 2.78. The molecule has 31 heavy (non-hydrogen) atoms. The van der Waals surface area contributed by atoms with Gasteiger partial charge in [-0.3, -0.25) is 4.79 Å². The lowest BCUT2D eigenvalue weighted by Gasteiger charge is -2.29. The molecule has 0 saturated carbocycles. The number of esters is 2. The number of aliphatic hydroxyl groups is 2. The molecule has 2 N–H and O–H groups in total. The lowest BCUT2D eigenvalue weighted by molar-refractivity contribution is -0.144. The van der Waals surface area contributed by atoms with Gasteiger partial charge in [-0.2, -0.15) is 0 Å². The maximum Gasteiger partial charge on any atom is 0.339 e. The molecule has 1 aromatic rings. The lowest BCUT2D eigenvalue weighted by Crippen LogP contribution is -2.30. The Balaban J connectivity index is 1.46. The Labute approximate surface area is 182 Å². The van der Waals surface area contributed by atoms with Crippen LogP contribution < -0.4 is 0 Å². The normalized spacial score (nSPS) is 22.0. The summed E-state index contributed by atoms with van der Waals surface area (Å²) in [6.07, 6.45) is 8.22. The second-order valence-electron chi connectivity index (χ2n) is 7.88. The zero-order chi connectivity index (χ0) is 22.2. The fraction of sp³-hybridized carbons (Fsp3) is 0.440. The summed E-state index contributed by atoms with van der Waals surface area (Å²) in [7, 11) is 0. The van der Waals surface area contributed by atoms with Gasteiger partial charge >= 0.3 is 11.9 Å². The van der Waals surface area contributed by atoms with Crippen molar-refractivity contribution >= 4 is 17.5 Å². The Kier molecular flexibility index (Phi) is 8.20. The Hall–Kier alpha value is -2.70. The molecule has 6 nitrogen and oxygen atoms in total. The predicted octanol–water partition coefficient (Wildman–Crippen LogP) is 3.34. The van der Waals surface area contributed by atoms with Gasteiger partial charge in [-0.25, -0.2) is 4.79 Å². The number of carbonyl (C=O) groups excluding carboxylic acids is 2. The van der Waals surface area contributed by atoms with Crippen LogP contribution in [0.25, 0.3) is 5.57 Å². The molecule has 1 heterocycles. The lowest BCUT2D eigenvalue weighted by atomic mass is 9.87. The van der Waals surface area contributed by atoms with Crippen molar-refractivity contribution in [3.05, 3.63) is 65.8 Å². The zero-order valence-electron chi connectivity index (χ0n) is 17.8. The largest absolute Gasteiger partial charge is 0.466 e. The van der Waals surface area contributed by atoms with E-state index in [4.69, 9.17) is 9.47 Å². The van der Waals surface area contributed by atoms with Gasteiger partial charge in [-0.15, -0.1) is 0 Å². The molecule has 1 aromatic carbocycles. The van der Waals surface area contributed by atoms with Gasteiger partial charge in [0.05, 0.1) is 24.4 Å². The SMILES string of the molecule is CCC(=O)OCCC(O)C(O)CCCC1=CC2OC(=O)C(c3ccccc3)=CC2C=C1. The summed E-state index contributed by atoms with van der Waals surface area (Å²) in [5, 5.41) is 20.1. The molecule has 0 spiro atoms. The first-order valence-corrected chi connectivity index (χ1v) is 10.9. The van der Waals surface area contributed by atoms with Gasteiger partial charge in [0.1, 0.15) is 6.10 Å². The van der Waals surface area contributed by atoms with E-state index in [9.17, 15) is 19.8 Å². The molecule has 4 atom stereocenters. The Bertz CT molecular complexity index is 854. The molecule has 0 bridgehead atoms. The first kappa shape index (κ1) is 23.0. The second-order valence-corrected chi connectivity index (χ2v) is 7.88. The maximum atomic E-state index is 12.4. The quantitative estimate of drug-likeness (QED) is 0.558. The third-order valence-corrected chi connectivity index (χ3v) is 5.57. The van der Waals surface area contributed by atoms with Crippen molar-refractivity contribution in [1.82, 2.24) is 0 Å². The van der Waals surface area contributed by atoms with E-state index in [2.05, 4.69) is 0 Å². The monoisotopic (exact) mass is 426 g/mol. The van der Waals surface area contributed by atoms with Crippen LogP contribution in [0.1, 0.15) is 44.6 Å². The highest BCUT2D eigenvalue weighted by Crippen LogP contribution is 2.32. The van der Waals surface area contributed by atoms with Crippen molar-refractivity contribution in [3.63, 3.8) is 0 Å². The van der Waals surface area contributed by atoms with Gasteiger partial charge in [-0.1, -0.05) is 55.5 Å². The topological polar surface area (TPSA) is 93.1 Å². The highest BCUT2D eigenvalue weighted by molar-refractivity contribution is 6.17. The van der Waals surface area contributed by atoms with Gasteiger partial charge in [-0.05, 0) is 36.5 Å². The molecule has 1 aliphatic heterocycles. The molecule has 1 aliphatic carbocycles. The number of hydrogen-bond acceptors (Lipinski definition) is 6. The van der Waals surface area contributed by atoms with Crippen LogP contribution in [-0.2, 0) is 19.1 Å². The van der Waals surface area contributed by atoms with Crippen LogP contribution in [0.2, 0.25) is 0 Å². The summed E-state index contributed by atoms with van der Waals surface area (Å²) in [4.78, 5) is 23.6. The van der Waals surface area contributed by atoms with Gasteiger partial charge in [0, 0.05) is 18.8 Å². The number of carbonyl (C=O) groups is 2. The van der Waals surface area contributed by atoms with Crippen LogP contribution >= 0.6 is 0 Å². The number of hydrogen-bond donors (Lipinski definition) is 2. The van der Waals surface area contributed by atoms with Crippen LogP contribution in [0.4, 0.5) is 0 Å². The third kappa shape index (κ3) is 6.39. The molecule has 0 saturated heterocycles. The summed E-state index contributed by atoms with van der Waals surface area (Å²) in [6.45, 7) is 1.81. The standard InChI is InChI=1S/C25H30O6/c1-2-24(28)30-14-13-22(27)21(26)10-6-7-17-11-12-19-16-20(18-8-4-3-5-9-18)25(29)31-23(19)15-17/h3-5,8-9,11-12,15-16,19,21-23,26-27H,2,6-7,10,13-14H2,1H3. The van der Waals surface area contributed by atoms with Crippen molar-refractivity contribution < 1.29 is 29.3 Å². The smallest absolute Gasteiger partial charge is 0.339 e. The molecular weight excluding hydrogens is 396 g/mol. The maximum absolute atomic E-state index is 12.4. The predicted molar refractivity (Wildman–Crippen MR) is 117 cm³/mol. The Morgan fingerprint density at radius 3 is 2.61 bits per heavy atom. The Morgan fingerprint density at radius 1 is 1.13 bits per heavy atom. The molecule has 166 valence electrons. The zero-order valence-corrected chi connectivity index (χ0v) is 17.8. The van der Waals surface area contributed by atoms with Crippen LogP contribution in [0.15, 0.2) is 60.2 Å². The number of aliphatic hydroxyl groups excluding tert-OH is 2. The van der Waals surface area contributed by atoms with E-state index >= 15 is 0 Å². The van der Waals surface area contributed by atoms with Crippen molar-refractivity contribution in [2.75, 3.05) is 6.61 Å². The molecule has 0 amide bonds. The van der Waals surface area contributed by atoms with Gasteiger partial charge in [0.15, 0.2) is 0 Å². The fourth-order valence-corrected chi connectivity index (χ4v) is 3.73. The van der Waals surface area contributed by atoms with Crippen molar-refractivity contribution in [2.24, 2.45) is 5.92 Å². The van der Waals surface area contributed by atoms with E-state index in [0.717, 1.165) is 11.1 Å². The molecule has 4 unspecified atom stereocenters. The van der Waals surface area contributed by atoms with E-state index in [-0.39, 0.29) is 37.0 Å². The molecular formula is C25H30O6. The summed E-state index contributed by atoms with van der Waals surface area (Å²) < 4.78 is 10.6. The van der Waals surface area contributed by atoms with E-state index in [1.165, 1.54) is 0 Å². The summed E-state index contributed by atoms with van der Waals surface area (Å²) in [5.74, 6) is -0.624. The van der Waals surface area contributed by atoms with Gasteiger partial charge in [0.25, 0.3) is 0 Å². The van der Waals surface area contributed by atoms with Crippen LogP contribution in [0, 0.1) is 5.92 Å². The molecule has 6 heteroatoms. The van der Waals surface area contributed by atoms with Crippen LogP contribution in [-0.4, -0.2) is 47.1 Å². The summed E-state index contributed by atoms with van der Waals surface area (Å²) in [5.41, 5.74) is 2.49.